The molecule has 0 saturated carbocycles. The third kappa shape index (κ3) is 3.57. The first kappa shape index (κ1) is 13.1. The van der Waals surface area contributed by atoms with Crippen molar-refractivity contribution >= 4 is 34.2 Å². The summed E-state index contributed by atoms with van der Waals surface area (Å²) in [4.78, 5) is 11.9. The maximum absolute atomic E-state index is 11.9. The Hall–Kier alpha value is -1.36. The van der Waals surface area contributed by atoms with Gasteiger partial charge in [-0.1, -0.05) is 36.4 Å². The highest BCUT2D eigenvalue weighted by Crippen LogP contribution is 2.17. The van der Waals surface area contributed by atoms with Crippen LogP contribution < -0.4 is 5.32 Å². The van der Waals surface area contributed by atoms with Gasteiger partial charge in [0.25, 0.3) is 0 Å². The van der Waals surface area contributed by atoms with Crippen molar-refractivity contribution in [1.29, 1.82) is 0 Å². The first-order valence-corrected chi connectivity index (χ1v) is 6.83. The van der Waals surface area contributed by atoms with E-state index in [0.29, 0.717) is 6.42 Å². The van der Waals surface area contributed by atoms with Crippen LogP contribution in [0.3, 0.4) is 0 Å². The molecule has 0 aliphatic rings. The number of benzene rings is 2. The van der Waals surface area contributed by atoms with E-state index in [0.717, 1.165) is 14.8 Å². The van der Waals surface area contributed by atoms with E-state index >= 15 is 0 Å². The molecule has 3 heteroatoms. The average Bonchev–Trinajstić information content (AvgIpc) is 2.35. The summed E-state index contributed by atoms with van der Waals surface area (Å²) in [5, 5.41) is 2.91. The fraction of sp³-hybridized carbons (Fsp3) is 0.133. The zero-order chi connectivity index (χ0) is 13.0. The number of halogens is 1. The Balaban J connectivity index is 2.01. The first-order chi connectivity index (χ1) is 8.65. The van der Waals surface area contributed by atoms with Gasteiger partial charge in [-0.25, -0.2) is 0 Å². The average molecular weight is 351 g/mol. The Morgan fingerprint density at radius 1 is 1.17 bits per heavy atom. The van der Waals surface area contributed by atoms with E-state index in [9.17, 15) is 4.79 Å². The molecular weight excluding hydrogens is 337 g/mol. The molecule has 92 valence electrons. The summed E-state index contributed by atoms with van der Waals surface area (Å²) in [6.45, 7) is 2.05. The van der Waals surface area contributed by atoms with Crippen LogP contribution >= 0.6 is 22.6 Å². The number of amides is 1. The molecule has 0 bridgehead atoms. The van der Waals surface area contributed by atoms with Gasteiger partial charge in [-0.15, -0.1) is 0 Å². The number of nitrogens with one attached hydrogen (secondary N) is 1. The molecular formula is C15H14INO. The summed E-state index contributed by atoms with van der Waals surface area (Å²) in [5.41, 5.74) is 3.10. The van der Waals surface area contributed by atoms with E-state index in [1.165, 1.54) is 5.56 Å². The summed E-state index contributed by atoms with van der Waals surface area (Å²) < 4.78 is 1.16. The maximum Gasteiger partial charge on any atom is 0.228 e. The summed E-state index contributed by atoms with van der Waals surface area (Å²) in [5.74, 6) is 0.0147. The molecule has 0 aliphatic carbocycles. The molecule has 0 atom stereocenters. The first-order valence-electron chi connectivity index (χ1n) is 5.75. The molecule has 2 nitrogen and oxygen atoms in total. The largest absolute Gasteiger partial charge is 0.326 e. The maximum atomic E-state index is 11.9. The van der Waals surface area contributed by atoms with Crippen molar-refractivity contribution in [3.05, 3.63) is 63.2 Å². The fourth-order valence-corrected chi connectivity index (χ4v) is 2.17. The van der Waals surface area contributed by atoms with Gasteiger partial charge in [0.05, 0.1) is 6.42 Å². The Morgan fingerprint density at radius 2 is 1.89 bits per heavy atom. The van der Waals surface area contributed by atoms with Gasteiger partial charge in [0.2, 0.25) is 5.91 Å². The minimum absolute atomic E-state index is 0.0147. The standard InChI is InChI=1S/C15H14INO/c1-11-7-8-13(10-14(11)16)17-15(18)9-12-5-3-2-4-6-12/h2-8,10H,9H2,1H3,(H,17,18). The fourth-order valence-electron chi connectivity index (χ4n) is 1.66. The highest BCUT2D eigenvalue weighted by atomic mass is 127. The van der Waals surface area contributed by atoms with Crippen LogP contribution in [0.1, 0.15) is 11.1 Å². The number of carbonyl (C=O) groups excluding carboxylic acids is 1. The van der Waals surface area contributed by atoms with E-state index in [4.69, 9.17) is 0 Å². The highest BCUT2D eigenvalue weighted by molar-refractivity contribution is 14.1. The van der Waals surface area contributed by atoms with Crippen molar-refractivity contribution in [3.63, 3.8) is 0 Å². The molecule has 1 amide bonds. The molecule has 18 heavy (non-hydrogen) atoms. The number of hydrogen-bond acceptors (Lipinski definition) is 1. The summed E-state index contributed by atoms with van der Waals surface area (Å²) in [7, 11) is 0. The van der Waals surface area contributed by atoms with Crippen molar-refractivity contribution < 1.29 is 4.79 Å². The van der Waals surface area contributed by atoms with Gasteiger partial charge in [-0.2, -0.15) is 0 Å². The van der Waals surface area contributed by atoms with E-state index in [1.807, 2.05) is 48.5 Å². The molecule has 0 heterocycles. The van der Waals surface area contributed by atoms with E-state index in [-0.39, 0.29) is 5.91 Å². The zero-order valence-electron chi connectivity index (χ0n) is 10.1. The second-order valence-electron chi connectivity index (χ2n) is 4.17. The molecule has 0 unspecified atom stereocenters. The number of aryl methyl sites for hydroxylation is 1. The lowest BCUT2D eigenvalue weighted by atomic mass is 10.1. The predicted molar refractivity (Wildman–Crippen MR) is 82.7 cm³/mol. The third-order valence-electron chi connectivity index (χ3n) is 2.66. The number of anilines is 1. The van der Waals surface area contributed by atoms with Gasteiger partial charge in [-0.3, -0.25) is 4.79 Å². The molecule has 2 rings (SSSR count). The number of hydrogen-bond donors (Lipinski definition) is 1. The summed E-state index contributed by atoms with van der Waals surface area (Å²) in [6.07, 6.45) is 0.408. The summed E-state index contributed by atoms with van der Waals surface area (Å²) >= 11 is 2.27. The van der Waals surface area contributed by atoms with Gasteiger partial charge in [0.15, 0.2) is 0 Å². The lowest BCUT2D eigenvalue weighted by Crippen LogP contribution is -2.14. The van der Waals surface area contributed by atoms with Gasteiger partial charge in [0, 0.05) is 9.26 Å². The van der Waals surface area contributed by atoms with E-state index in [1.54, 1.807) is 0 Å². The Kier molecular flexibility index (Phi) is 4.36. The van der Waals surface area contributed by atoms with Gasteiger partial charge >= 0.3 is 0 Å². The van der Waals surface area contributed by atoms with Crippen LogP contribution in [0.5, 0.6) is 0 Å². The van der Waals surface area contributed by atoms with Crippen molar-refractivity contribution in [2.24, 2.45) is 0 Å². The van der Waals surface area contributed by atoms with Crippen LogP contribution in [0, 0.1) is 10.5 Å². The van der Waals surface area contributed by atoms with Crippen molar-refractivity contribution in [2.75, 3.05) is 5.32 Å². The molecule has 2 aromatic rings. The van der Waals surface area contributed by atoms with Gasteiger partial charge < -0.3 is 5.32 Å². The molecule has 0 spiro atoms. The number of carbonyl (C=O) groups is 1. The monoisotopic (exact) mass is 351 g/mol. The summed E-state index contributed by atoms with van der Waals surface area (Å²) in [6, 6.07) is 15.7. The zero-order valence-corrected chi connectivity index (χ0v) is 12.3. The minimum atomic E-state index is 0.0147. The lowest BCUT2D eigenvalue weighted by Gasteiger charge is -2.07. The molecule has 2 aromatic carbocycles. The normalized spacial score (nSPS) is 10.1. The Morgan fingerprint density at radius 3 is 2.56 bits per heavy atom. The van der Waals surface area contributed by atoms with Crippen LogP contribution in [0.4, 0.5) is 5.69 Å². The Labute approximate surface area is 121 Å². The molecule has 0 saturated heterocycles. The quantitative estimate of drug-likeness (QED) is 0.838. The molecule has 0 aromatic heterocycles. The van der Waals surface area contributed by atoms with Crippen molar-refractivity contribution in [3.8, 4) is 0 Å². The SMILES string of the molecule is Cc1ccc(NC(=O)Cc2ccccc2)cc1I. The molecule has 0 fully saturated rings. The molecule has 0 radical (unpaired) electrons. The lowest BCUT2D eigenvalue weighted by molar-refractivity contribution is -0.115. The van der Waals surface area contributed by atoms with Crippen LogP contribution in [-0.4, -0.2) is 5.91 Å². The topological polar surface area (TPSA) is 29.1 Å². The van der Waals surface area contributed by atoms with Crippen LogP contribution in [0.2, 0.25) is 0 Å². The van der Waals surface area contributed by atoms with Crippen LogP contribution in [0.15, 0.2) is 48.5 Å². The highest BCUT2D eigenvalue weighted by Gasteiger charge is 2.04. The van der Waals surface area contributed by atoms with Crippen LogP contribution in [-0.2, 0) is 11.2 Å². The molecule has 0 aliphatic heterocycles. The molecule has 1 N–H and O–H groups in total. The minimum Gasteiger partial charge on any atom is -0.326 e. The second-order valence-corrected chi connectivity index (χ2v) is 5.34. The van der Waals surface area contributed by atoms with E-state index in [2.05, 4.69) is 34.8 Å². The second kappa shape index (κ2) is 6.00. The predicted octanol–water partition coefficient (Wildman–Crippen LogP) is 3.78. The van der Waals surface area contributed by atoms with E-state index < -0.39 is 0 Å². The number of rotatable bonds is 3. The van der Waals surface area contributed by atoms with Crippen molar-refractivity contribution in [1.82, 2.24) is 0 Å². The smallest absolute Gasteiger partial charge is 0.228 e. The van der Waals surface area contributed by atoms with Gasteiger partial charge in [0.1, 0.15) is 0 Å². The third-order valence-corrected chi connectivity index (χ3v) is 3.83. The Bertz CT molecular complexity index is 552. The van der Waals surface area contributed by atoms with Crippen molar-refractivity contribution in [2.45, 2.75) is 13.3 Å². The van der Waals surface area contributed by atoms with Gasteiger partial charge in [-0.05, 0) is 52.8 Å². The van der Waals surface area contributed by atoms with Crippen LogP contribution in [0.25, 0.3) is 0 Å².